The second-order valence-corrected chi connectivity index (χ2v) is 8.69. The number of piperidine rings is 1. The van der Waals surface area contributed by atoms with Gasteiger partial charge in [-0.1, -0.05) is 24.3 Å². The normalized spacial score (nSPS) is 21.2. The third-order valence-corrected chi connectivity index (χ3v) is 6.86. The Labute approximate surface area is 198 Å². The molecule has 9 heteroatoms. The van der Waals surface area contributed by atoms with Gasteiger partial charge in [-0.2, -0.15) is 0 Å². The molecule has 0 bridgehead atoms. The summed E-state index contributed by atoms with van der Waals surface area (Å²) in [5.41, 5.74) is 0.218. The van der Waals surface area contributed by atoms with Crippen molar-refractivity contribution < 1.29 is 28.2 Å². The second kappa shape index (κ2) is 9.89. The molecule has 2 aromatic carbocycles. The molecule has 2 heterocycles. The molecule has 2 aliphatic rings. The molecule has 0 spiro atoms. The first-order chi connectivity index (χ1) is 16.4. The minimum Gasteiger partial charge on any atom is -0.493 e. The Hall–Kier alpha value is -3.33. The zero-order chi connectivity index (χ0) is 24.3. The highest BCUT2D eigenvalue weighted by Gasteiger charge is 2.52. The van der Waals surface area contributed by atoms with Crippen LogP contribution in [0.5, 0.6) is 17.2 Å². The number of carbonyl (C=O) groups excluding carboxylic acids is 2. The van der Waals surface area contributed by atoms with E-state index in [-0.39, 0.29) is 24.1 Å². The molecule has 1 atom stereocenters. The molecular weight excluding hydrogens is 441 g/mol. The first-order valence-electron chi connectivity index (χ1n) is 11.3. The molecule has 0 aliphatic carbocycles. The van der Waals surface area contributed by atoms with Gasteiger partial charge >= 0.3 is 6.03 Å². The lowest BCUT2D eigenvalue weighted by atomic mass is 9.74. The number of imide groups is 1. The van der Waals surface area contributed by atoms with E-state index in [0.29, 0.717) is 55.3 Å². The highest BCUT2D eigenvalue weighted by atomic mass is 19.1. The van der Waals surface area contributed by atoms with E-state index < -0.39 is 11.6 Å². The van der Waals surface area contributed by atoms with Crippen molar-refractivity contribution in [3.8, 4) is 17.2 Å². The lowest BCUT2D eigenvalue weighted by Gasteiger charge is -2.41. The molecule has 4 rings (SSSR count). The summed E-state index contributed by atoms with van der Waals surface area (Å²) < 4.78 is 30.9. The monoisotopic (exact) mass is 471 g/mol. The summed E-state index contributed by atoms with van der Waals surface area (Å²) in [7, 11) is 4.75. The smallest absolute Gasteiger partial charge is 0.322 e. The van der Waals surface area contributed by atoms with Crippen LogP contribution in [-0.2, 0) is 17.8 Å². The van der Waals surface area contributed by atoms with Crippen molar-refractivity contribution in [1.29, 1.82) is 0 Å². The summed E-state index contributed by atoms with van der Waals surface area (Å²) in [6, 6.07) is 9.66. The van der Waals surface area contributed by atoms with E-state index in [9.17, 15) is 14.0 Å². The van der Waals surface area contributed by atoms with Gasteiger partial charge in [-0.25, -0.2) is 9.18 Å². The fourth-order valence-electron chi connectivity index (χ4n) is 5.12. The number of hydrogen-bond donors (Lipinski definition) is 2. The summed E-state index contributed by atoms with van der Waals surface area (Å²) in [6.07, 6.45) is 1.47. The molecule has 2 saturated heterocycles. The Bertz CT molecular complexity index is 1070. The molecule has 2 aromatic rings. The molecule has 3 amide bonds. The van der Waals surface area contributed by atoms with Crippen molar-refractivity contribution in [2.75, 3.05) is 34.4 Å². The van der Waals surface area contributed by atoms with Gasteiger partial charge in [-0.15, -0.1) is 0 Å². The number of rotatable bonds is 8. The number of nitrogens with zero attached hydrogens (tertiary/aromatic N) is 1. The van der Waals surface area contributed by atoms with E-state index in [1.54, 1.807) is 39.5 Å². The molecule has 8 nitrogen and oxygen atoms in total. The predicted molar refractivity (Wildman–Crippen MR) is 124 cm³/mol. The third-order valence-electron chi connectivity index (χ3n) is 6.86. The minimum absolute atomic E-state index is 0.116. The Morgan fingerprint density at radius 1 is 0.971 bits per heavy atom. The Balaban J connectivity index is 1.50. The SMILES string of the molecule is COc1ccc(CN2CCC(C3(Cc4ccccc4F)NC(=O)NC3=O)CC2)c(OC)c1OC. The molecule has 2 aliphatic heterocycles. The fraction of sp³-hybridized carbons (Fsp3) is 0.440. The topological polar surface area (TPSA) is 89.1 Å². The van der Waals surface area contributed by atoms with Gasteiger partial charge in [0.05, 0.1) is 21.3 Å². The van der Waals surface area contributed by atoms with E-state index >= 15 is 0 Å². The van der Waals surface area contributed by atoms with Gasteiger partial charge in [0, 0.05) is 18.5 Å². The van der Waals surface area contributed by atoms with Crippen molar-refractivity contribution in [1.82, 2.24) is 15.5 Å². The maximum atomic E-state index is 14.4. The summed E-state index contributed by atoms with van der Waals surface area (Å²) in [5.74, 6) is 0.880. The van der Waals surface area contributed by atoms with E-state index in [1.165, 1.54) is 6.07 Å². The van der Waals surface area contributed by atoms with Gasteiger partial charge in [0.25, 0.3) is 5.91 Å². The van der Waals surface area contributed by atoms with Crippen LogP contribution in [0.3, 0.4) is 0 Å². The van der Waals surface area contributed by atoms with Crippen LogP contribution in [0.15, 0.2) is 36.4 Å². The number of urea groups is 1. The van der Waals surface area contributed by atoms with Gasteiger partial charge in [0.15, 0.2) is 11.5 Å². The average Bonchev–Trinajstić information content (AvgIpc) is 3.13. The minimum atomic E-state index is -1.16. The second-order valence-electron chi connectivity index (χ2n) is 8.69. The van der Waals surface area contributed by atoms with Crippen molar-refractivity contribution in [2.24, 2.45) is 5.92 Å². The molecular formula is C25H30FN3O5. The number of carbonyl (C=O) groups is 2. The fourth-order valence-corrected chi connectivity index (χ4v) is 5.12. The van der Waals surface area contributed by atoms with Crippen LogP contribution >= 0.6 is 0 Å². The van der Waals surface area contributed by atoms with Gasteiger partial charge in [-0.3, -0.25) is 15.0 Å². The predicted octanol–water partition coefficient (Wildman–Crippen LogP) is 2.88. The van der Waals surface area contributed by atoms with Crippen LogP contribution in [0.25, 0.3) is 0 Å². The molecule has 182 valence electrons. The molecule has 0 aromatic heterocycles. The lowest BCUT2D eigenvalue weighted by molar-refractivity contribution is -0.126. The van der Waals surface area contributed by atoms with Crippen molar-refractivity contribution >= 4 is 11.9 Å². The Kier molecular flexibility index (Phi) is 6.92. The Morgan fingerprint density at radius 2 is 1.68 bits per heavy atom. The molecule has 1 unspecified atom stereocenters. The van der Waals surface area contributed by atoms with Crippen molar-refractivity contribution in [2.45, 2.75) is 31.3 Å². The summed E-state index contributed by atoms with van der Waals surface area (Å²) in [4.78, 5) is 27.3. The molecule has 0 radical (unpaired) electrons. The standard InChI is InChI=1S/C25H30FN3O5/c1-32-20-9-8-17(21(33-2)22(20)34-3)15-29-12-10-18(11-13-29)25(23(30)27-24(31)28-25)14-16-6-4-5-7-19(16)26/h4-9,18H,10-15H2,1-3H3,(H2,27,28,30,31). The van der Waals surface area contributed by atoms with Crippen LogP contribution in [-0.4, -0.2) is 56.8 Å². The van der Waals surface area contributed by atoms with E-state index in [1.807, 2.05) is 12.1 Å². The highest BCUT2D eigenvalue weighted by molar-refractivity contribution is 6.07. The van der Waals surface area contributed by atoms with E-state index in [0.717, 1.165) is 5.56 Å². The summed E-state index contributed by atoms with van der Waals surface area (Å²) in [5, 5.41) is 5.20. The number of ether oxygens (including phenoxy) is 3. The molecule has 34 heavy (non-hydrogen) atoms. The molecule has 0 saturated carbocycles. The zero-order valence-electron chi connectivity index (χ0n) is 19.7. The number of amides is 3. The lowest BCUT2D eigenvalue weighted by Crippen LogP contribution is -2.57. The molecule has 2 N–H and O–H groups in total. The maximum Gasteiger partial charge on any atom is 0.322 e. The number of likely N-dealkylation sites (tertiary alicyclic amines) is 1. The van der Waals surface area contributed by atoms with Crippen LogP contribution < -0.4 is 24.8 Å². The van der Waals surface area contributed by atoms with E-state index in [4.69, 9.17) is 14.2 Å². The van der Waals surface area contributed by atoms with Gasteiger partial charge < -0.3 is 19.5 Å². The van der Waals surface area contributed by atoms with Crippen LogP contribution in [0.1, 0.15) is 24.0 Å². The molecule has 2 fully saturated rings. The van der Waals surface area contributed by atoms with Crippen molar-refractivity contribution in [3.63, 3.8) is 0 Å². The first kappa shape index (κ1) is 23.8. The third kappa shape index (κ3) is 4.40. The first-order valence-corrected chi connectivity index (χ1v) is 11.3. The number of nitrogens with one attached hydrogen (secondary N) is 2. The van der Waals surface area contributed by atoms with Crippen LogP contribution in [0.4, 0.5) is 9.18 Å². The average molecular weight is 472 g/mol. The van der Waals surface area contributed by atoms with E-state index in [2.05, 4.69) is 15.5 Å². The van der Waals surface area contributed by atoms with Gasteiger partial charge in [0.1, 0.15) is 11.4 Å². The highest BCUT2D eigenvalue weighted by Crippen LogP contribution is 2.41. The summed E-state index contributed by atoms with van der Waals surface area (Å²) in [6.45, 7) is 2.06. The number of benzene rings is 2. The van der Waals surface area contributed by atoms with Crippen LogP contribution in [0, 0.1) is 11.7 Å². The quantitative estimate of drug-likeness (QED) is 0.576. The van der Waals surface area contributed by atoms with Crippen LogP contribution in [0.2, 0.25) is 0 Å². The number of hydrogen-bond acceptors (Lipinski definition) is 6. The van der Waals surface area contributed by atoms with Gasteiger partial charge in [-0.05, 0) is 49.5 Å². The summed E-state index contributed by atoms with van der Waals surface area (Å²) >= 11 is 0. The maximum absolute atomic E-state index is 14.4. The number of methoxy groups -OCH3 is 3. The zero-order valence-corrected chi connectivity index (χ0v) is 19.7. The van der Waals surface area contributed by atoms with Gasteiger partial charge in [0.2, 0.25) is 5.75 Å². The Morgan fingerprint density at radius 3 is 2.26 bits per heavy atom. The largest absolute Gasteiger partial charge is 0.493 e. The van der Waals surface area contributed by atoms with Crippen molar-refractivity contribution in [3.05, 3.63) is 53.3 Å². The number of halogens is 1.